The number of amides is 1. The number of piperidine rings is 1. The lowest BCUT2D eigenvalue weighted by Gasteiger charge is -2.23. The summed E-state index contributed by atoms with van der Waals surface area (Å²) < 4.78 is 5.37. The van der Waals surface area contributed by atoms with E-state index >= 15 is 0 Å². The molecule has 1 saturated carbocycles. The molecule has 106 valence electrons. The van der Waals surface area contributed by atoms with Gasteiger partial charge in [-0.25, -0.2) is 0 Å². The molecule has 2 bridgehead atoms. The van der Waals surface area contributed by atoms with Crippen LogP contribution in [0, 0.1) is 18.3 Å². The van der Waals surface area contributed by atoms with E-state index in [1.807, 2.05) is 6.07 Å². The predicted molar refractivity (Wildman–Crippen MR) is 79.9 cm³/mol. The van der Waals surface area contributed by atoms with Crippen molar-refractivity contribution in [1.82, 2.24) is 10.6 Å². The Morgan fingerprint density at radius 3 is 3.05 bits per heavy atom. The van der Waals surface area contributed by atoms with Crippen LogP contribution in [0.25, 0.3) is 11.0 Å². The van der Waals surface area contributed by atoms with Gasteiger partial charge in [0, 0.05) is 29.6 Å². The first-order chi connectivity index (χ1) is 10.2. The van der Waals surface area contributed by atoms with Crippen molar-refractivity contribution in [2.45, 2.75) is 24.9 Å². The second kappa shape index (κ2) is 4.64. The van der Waals surface area contributed by atoms with Gasteiger partial charge in [-0.05, 0) is 37.0 Å². The average Bonchev–Trinajstić information content (AvgIpc) is 3.21. The number of carbonyl (C=O) groups excluding carboxylic acids is 1. The van der Waals surface area contributed by atoms with Crippen molar-refractivity contribution in [3.8, 4) is 12.3 Å². The lowest BCUT2D eigenvalue weighted by Crippen LogP contribution is -2.44. The maximum Gasteiger partial charge on any atom is 0.251 e. The number of nitrogens with one attached hydrogen (secondary N) is 2. The van der Waals surface area contributed by atoms with Gasteiger partial charge in [0.15, 0.2) is 0 Å². The molecule has 1 aromatic carbocycles. The highest BCUT2D eigenvalue weighted by atomic mass is 16.3. The Bertz CT molecular complexity index is 756. The van der Waals surface area contributed by atoms with Crippen molar-refractivity contribution in [2.24, 2.45) is 5.92 Å². The Labute approximate surface area is 122 Å². The van der Waals surface area contributed by atoms with Crippen molar-refractivity contribution in [1.29, 1.82) is 0 Å². The maximum absolute atomic E-state index is 12.4. The van der Waals surface area contributed by atoms with Gasteiger partial charge in [-0.3, -0.25) is 4.79 Å². The highest BCUT2D eigenvalue weighted by Gasteiger charge is 2.40. The minimum absolute atomic E-state index is 0.0291. The molecule has 0 radical (unpaired) electrons. The van der Waals surface area contributed by atoms with Gasteiger partial charge in [0.25, 0.3) is 5.91 Å². The molecular weight excluding hydrogens is 264 g/mol. The molecule has 2 heterocycles. The normalized spacial score (nSPS) is 26.9. The number of benzene rings is 1. The summed E-state index contributed by atoms with van der Waals surface area (Å²) in [6.07, 6.45) is 9.19. The number of hydrogen-bond acceptors (Lipinski definition) is 3. The topological polar surface area (TPSA) is 54.3 Å². The molecule has 4 rings (SSSR count). The summed E-state index contributed by atoms with van der Waals surface area (Å²) in [5, 5.41) is 7.43. The SMILES string of the molecule is C#Cc1coc2ccc(C(=O)NC3CC4CC3CN4)cc12. The zero-order valence-corrected chi connectivity index (χ0v) is 11.6. The molecule has 2 N–H and O–H groups in total. The van der Waals surface area contributed by atoms with Crippen LogP contribution < -0.4 is 10.6 Å². The van der Waals surface area contributed by atoms with Crippen LogP contribution in [-0.2, 0) is 0 Å². The van der Waals surface area contributed by atoms with Crippen LogP contribution in [0.4, 0.5) is 0 Å². The summed E-state index contributed by atoms with van der Waals surface area (Å²) in [6, 6.07) is 6.26. The lowest BCUT2D eigenvalue weighted by molar-refractivity contribution is 0.0925. The van der Waals surface area contributed by atoms with Gasteiger partial charge in [0.05, 0.1) is 5.56 Å². The average molecular weight is 280 g/mol. The van der Waals surface area contributed by atoms with E-state index in [4.69, 9.17) is 10.8 Å². The molecule has 1 amide bonds. The third kappa shape index (κ3) is 2.01. The first-order valence-electron chi connectivity index (χ1n) is 7.26. The minimum atomic E-state index is -0.0291. The minimum Gasteiger partial charge on any atom is -0.463 e. The van der Waals surface area contributed by atoms with E-state index in [1.165, 1.54) is 6.42 Å². The van der Waals surface area contributed by atoms with Crippen molar-refractivity contribution in [3.05, 3.63) is 35.6 Å². The summed E-state index contributed by atoms with van der Waals surface area (Å²) in [5.74, 6) is 3.12. The first kappa shape index (κ1) is 12.5. The molecule has 1 aliphatic heterocycles. The monoisotopic (exact) mass is 280 g/mol. The number of terminal acetylenes is 1. The molecule has 2 aliphatic rings. The Hall–Kier alpha value is -2.25. The molecule has 3 atom stereocenters. The van der Waals surface area contributed by atoms with Gasteiger partial charge in [-0.1, -0.05) is 5.92 Å². The quantitative estimate of drug-likeness (QED) is 0.826. The van der Waals surface area contributed by atoms with E-state index in [0.29, 0.717) is 28.7 Å². The molecule has 3 unspecified atom stereocenters. The molecule has 21 heavy (non-hydrogen) atoms. The van der Waals surface area contributed by atoms with Crippen LogP contribution in [0.5, 0.6) is 0 Å². The highest BCUT2D eigenvalue weighted by molar-refractivity contribution is 5.99. The van der Waals surface area contributed by atoms with Crippen LogP contribution in [-0.4, -0.2) is 24.5 Å². The number of rotatable bonds is 2. The van der Waals surface area contributed by atoms with E-state index in [2.05, 4.69) is 16.6 Å². The number of furan rings is 1. The van der Waals surface area contributed by atoms with Crippen molar-refractivity contribution < 1.29 is 9.21 Å². The standard InChI is InChI=1S/C17H16N2O2/c1-2-10-9-21-16-4-3-11(6-14(10)16)17(20)19-15-7-13-5-12(15)8-18-13/h1,3-4,6,9,12-13,15,18H,5,7-8H2,(H,19,20). The lowest BCUT2D eigenvalue weighted by atomic mass is 10.0. The predicted octanol–water partition coefficient (Wildman–Crippen LogP) is 1.89. The van der Waals surface area contributed by atoms with E-state index in [9.17, 15) is 4.79 Å². The highest BCUT2D eigenvalue weighted by Crippen LogP contribution is 2.31. The summed E-state index contributed by atoms with van der Waals surface area (Å²) >= 11 is 0. The number of fused-ring (bicyclic) bond motifs is 3. The van der Waals surface area contributed by atoms with Gasteiger partial charge >= 0.3 is 0 Å². The molecule has 1 aliphatic carbocycles. The van der Waals surface area contributed by atoms with Crippen molar-refractivity contribution in [2.75, 3.05) is 6.54 Å². The Morgan fingerprint density at radius 2 is 2.33 bits per heavy atom. The summed E-state index contributed by atoms with van der Waals surface area (Å²) in [6.45, 7) is 1.01. The number of carbonyl (C=O) groups is 1. The van der Waals surface area contributed by atoms with Crippen molar-refractivity contribution in [3.63, 3.8) is 0 Å². The zero-order chi connectivity index (χ0) is 14.4. The van der Waals surface area contributed by atoms with Gasteiger partial charge in [-0.2, -0.15) is 0 Å². The van der Waals surface area contributed by atoms with E-state index < -0.39 is 0 Å². The zero-order valence-electron chi connectivity index (χ0n) is 11.6. The number of hydrogen-bond donors (Lipinski definition) is 2. The van der Waals surface area contributed by atoms with E-state index in [0.717, 1.165) is 18.4 Å². The van der Waals surface area contributed by atoms with Gasteiger partial charge in [0.1, 0.15) is 11.8 Å². The van der Waals surface area contributed by atoms with E-state index in [-0.39, 0.29) is 11.9 Å². The first-order valence-corrected chi connectivity index (χ1v) is 7.26. The largest absolute Gasteiger partial charge is 0.463 e. The second-order valence-corrected chi connectivity index (χ2v) is 5.92. The molecular formula is C17H16N2O2. The second-order valence-electron chi connectivity index (χ2n) is 5.92. The van der Waals surface area contributed by atoms with Crippen LogP contribution in [0.1, 0.15) is 28.8 Å². The third-order valence-electron chi connectivity index (χ3n) is 4.67. The molecule has 2 fully saturated rings. The fraction of sp³-hybridized carbons (Fsp3) is 0.353. The Kier molecular flexibility index (Phi) is 2.76. The van der Waals surface area contributed by atoms with Crippen LogP contribution in [0.3, 0.4) is 0 Å². The Balaban J connectivity index is 1.58. The van der Waals surface area contributed by atoms with Crippen LogP contribution >= 0.6 is 0 Å². The molecule has 1 aromatic heterocycles. The summed E-state index contributed by atoms with van der Waals surface area (Å²) in [7, 11) is 0. The summed E-state index contributed by atoms with van der Waals surface area (Å²) in [5.41, 5.74) is 2.03. The van der Waals surface area contributed by atoms with Gasteiger partial charge in [-0.15, -0.1) is 6.42 Å². The Morgan fingerprint density at radius 1 is 1.43 bits per heavy atom. The maximum atomic E-state index is 12.4. The van der Waals surface area contributed by atoms with Crippen LogP contribution in [0.15, 0.2) is 28.9 Å². The van der Waals surface area contributed by atoms with Crippen LogP contribution in [0.2, 0.25) is 0 Å². The third-order valence-corrected chi connectivity index (χ3v) is 4.67. The fourth-order valence-corrected chi connectivity index (χ4v) is 3.55. The molecule has 4 heteroatoms. The molecule has 2 aromatic rings. The molecule has 1 saturated heterocycles. The van der Waals surface area contributed by atoms with Crippen molar-refractivity contribution >= 4 is 16.9 Å². The fourth-order valence-electron chi connectivity index (χ4n) is 3.55. The summed E-state index contributed by atoms with van der Waals surface area (Å²) in [4.78, 5) is 12.4. The van der Waals surface area contributed by atoms with Gasteiger partial charge in [0.2, 0.25) is 0 Å². The smallest absolute Gasteiger partial charge is 0.251 e. The van der Waals surface area contributed by atoms with E-state index in [1.54, 1.807) is 18.4 Å². The molecule has 0 spiro atoms. The molecule has 4 nitrogen and oxygen atoms in total. The van der Waals surface area contributed by atoms with Gasteiger partial charge < -0.3 is 15.1 Å².